The van der Waals surface area contributed by atoms with Gasteiger partial charge in [0.2, 0.25) is 0 Å². The molecule has 1 heterocycles. The monoisotopic (exact) mass is 227 g/mol. The smallest absolute Gasteiger partial charge is 0.251 e. The number of oxazole rings is 1. The highest BCUT2D eigenvalue weighted by molar-refractivity contribution is 5.94. The lowest BCUT2D eigenvalue weighted by atomic mass is 10.1. The molecule has 5 heteroatoms. The average Bonchev–Trinajstić information content (AvgIpc) is 2.89. The molecule has 0 saturated carbocycles. The predicted molar refractivity (Wildman–Crippen MR) is 58.8 cm³/mol. The molecular formula is C12H9N3O2. The number of hydrogen-bond acceptors (Lipinski definition) is 4. The van der Waals surface area contributed by atoms with Crippen molar-refractivity contribution in [2.45, 2.75) is 6.54 Å². The summed E-state index contributed by atoms with van der Waals surface area (Å²) in [5, 5.41) is 11.4. The van der Waals surface area contributed by atoms with Gasteiger partial charge in [0.25, 0.3) is 5.91 Å². The van der Waals surface area contributed by atoms with Crippen molar-refractivity contribution in [1.82, 2.24) is 10.3 Å². The van der Waals surface area contributed by atoms with Crippen molar-refractivity contribution < 1.29 is 9.21 Å². The molecule has 5 nitrogen and oxygen atoms in total. The third-order valence-corrected chi connectivity index (χ3v) is 2.17. The number of nitriles is 1. The van der Waals surface area contributed by atoms with Crippen molar-refractivity contribution in [3.8, 4) is 6.07 Å². The first-order valence-electron chi connectivity index (χ1n) is 4.95. The summed E-state index contributed by atoms with van der Waals surface area (Å²) >= 11 is 0. The van der Waals surface area contributed by atoms with Gasteiger partial charge in [0.15, 0.2) is 6.39 Å². The lowest BCUT2D eigenvalue weighted by Crippen LogP contribution is -2.22. The summed E-state index contributed by atoms with van der Waals surface area (Å²) in [6.45, 7) is 0.298. The van der Waals surface area contributed by atoms with Crippen molar-refractivity contribution in [2.75, 3.05) is 0 Å². The zero-order chi connectivity index (χ0) is 12.1. The summed E-state index contributed by atoms with van der Waals surface area (Å²) in [4.78, 5) is 15.6. The SMILES string of the molecule is N#Cc1cccc(C(=O)NCc2cocn2)c1. The standard InChI is InChI=1S/C12H9N3O2/c13-5-9-2-1-3-10(4-9)12(16)14-6-11-7-17-8-15-11/h1-4,7-8H,6H2,(H,14,16). The number of nitrogens with one attached hydrogen (secondary N) is 1. The van der Waals surface area contributed by atoms with E-state index in [1.165, 1.54) is 18.7 Å². The molecule has 2 rings (SSSR count). The fraction of sp³-hybridized carbons (Fsp3) is 0.0833. The van der Waals surface area contributed by atoms with Gasteiger partial charge in [-0.2, -0.15) is 5.26 Å². The molecule has 0 aliphatic rings. The van der Waals surface area contributed by atoms with Gasteiger partial charge in [-0.05, 0) is 18.2 Å². The highest BCUT2D eigenvalue weighted by Crippen LogP contribution is 2.04. The van der Waals surface area contributed by atoms with Gasteiger partial charge in [0.1, 0.15) is 6.26 Å². The molecule has 0 spiro atoms. The summed E-state index contributed by atoms with van der Waals surface area (Å²) < 4.78 is 4.78. The molecule has 0 radical (unpaired) electrons. The quantitative estimate of drug-likeness (QED) is 0.861. The number of rotatable bonds is 3. The Balaban J connectivity index is 2.02. The van der Waals surface area contributed by atoms with E-state index in [4.69, 9.17) is 9.68 Å². The number of carbonyl (C=O) groups excluding carboxylic acids is 1. The second-order valence-corrected chi connectivity index (χ2v) is 3.36. The van der Waals surface area contributed by atoms with E-state index in [1.807, 2.05) is 6.07 Å². The van der Waals surface area contributed by atoms with Gasteiger partial charge in [-0.3, -0.25) is 4.79 Å². The van der Waals surface area contributed by atoms with Crippen LogP contribution in [0.3, 0.4) is 0 Å². The van der Waals surface area contributed by atoms with Gasteiger partial charge >= 0.3 is 0 Å². The topological polar surface area (TPSA) is 78.9 Å². The van der Waals surface area contributed by atoms with Crippen LogP contribution in [0.15, 0.2) is 41.3 Å². The Morgan fingerprint density at radius 1 is 1.53 bits per heavy atom. The Labute approximate surface area is 97.7 Å². The fourth-order valence-corrected chi connectivity index (χ4v) is 1.33. The molecule has 84 valence electrons. The Bertz CT molecular complexity index is 555. The van der Waals surface area contributed by atoms with Crippen LogP contribution in [0.1, 0.15) is 21.6 Å². The fourth-order valence-electron chi connectivity index (χ4n) is 1.33. The highest BCUT2D eigenvalue weighted by Gasteiger charge is 2.06. The molecule has 17 heavy (non-hydrogen) atoms. The van der Waals surface area contributed by atoms with Gasteiger partial charge in [0, 0.05) is 5.56 Å². The zero-order valence-corrected chi connectivity index (χ0v) is 8.88. The first-order chi connectivity index (χ1) is 8.29. The van der Waals surface area contributed by atoms with Crippen molar-refractivity contribution >= 4 is 5.91 Å². The van der Waals surface area contributed by atoms with Crippen LogP contribution in [0.2, 0.25) is 0 Å². The molecule has 0 bridgehead atoms. The maximum Gasteiger partial charge on any atom is 0.251 e. The summed E-state index contributed by atoms with van der Waals surface area (Å²) in [7, 11) is 0. The Morgan fingerprint density at radius 3 is 3.12 bits per heavy atom. The predicted octanol–water partition coefficient (Wildman–Crippen LogP) is 1.48. The first kappa shape index (κ1) is 10.9. The van der Waals surface area contributed by atoms with Crippen molar-refractivity contribution in [2.24, 2.45) is 0 Å². The van der Waals surface area contributed by atoms with Gasteiger partial charge < -0.3 is 9.73 Å². The van der Waals surface area contributed by atoms with E-state index in [1.54, 1.807) is 18.2 Å². The number of amides is 1. The van der Waals surface area contributed by atoms with Crippen LogP contribution in [0, 0.1) is 11.3 Å². The minimum atomic E-state index is -0.245. The van der Waals surface area contributed by atoms with E-state index in [-0.39, 0.29) is 5.91 Å². The molecule has 0 aliphatic carbocycles. The lowest BCUT2D eigenvalue weighted by molar-refractivity contribution is 0.0950. The average molecular weight is 227 g/mol. The van der Waals surface area contributed by atoms with E-state index in [2.05, 4.69) is 10.3 Å². The number of benzene rings is 1. The molecule has 0 atom stereocenters. The largest absolute Gasteiger partial charge is 0.451 e. The van der Waals surface area contributed by atoms with E-state index in [9.17, 15) is 4.79 Å². The molecule has 1 aromatic heterocycles. The molecule has 0 fully saturated rings. The molecular weight excluding hydrogens is 218 g/mol. The van der Waals surface area contributed by atoms with Crippen LogP contribution in [-0.2, 0) is 6.54 Å². The van der Waals surface area contributed by atoms with Gasteiger partial charge in [-0.15, -0.1) is 0 Å². The summed E-state index contributed by atoms with van der Waals surface area (Å²) in [6, 6.07) is 8.49. The first-order valence-corrected chi connectivity index (χ1v) is 4.95. The molecule has 0 saturated heterocycles. The van der Waals surface area contributed by atoms with Crippen LogP contribution in [0.5, 0.6) is 0 Å². The maximum atomic E-state index is 11.7. The Kier molecular flexibility index (Phi) is 3.17. The van der Waals surface area contributed by atoms with E-state index in [0.29, 0.717) is 23.4 Å². The number of hydrogen-bond donors (Lipinski definition) is 1. The maximum absolute atomic E-state index is 11.7. The molecule has 2 aromatic rings. The third kappa shape index (κ3) is 2.69. The molecule has 1 amide bonds. The van der Waals surface area contributed by atoms with Crippen molar-refractivity contribution in [3.05, 3.63) is 53.7 Å². The zero-order valence-electron chi connectivity index (χ0n) is 8.88. The summed E-state index contributed by atoms with van der Waals surface area (Å²) in [5.74, 6) is -0.245. The van der Waals surface area contributed by atoms with Crippen LogP contribution in [0.25, 0.3) is 0 Å². The normalized spacial score (nSPS) is 9.59. The van der Waals surface area contributed by atoms with Crippen LogP contribution in [0.4, 0.5) is 0 Å². The second-order valence-electron chi connectivity index (χ2n) is 3.36. The summed E-state index contributed by atoms with van der Waals surface area (Å²) in [6.07, 6.45) is 2.77. The Morgan fingerprint density at radius 2 is 2.41 bits per heavy atom. The summed E-state index contributed by atoms with van der Waals surface area (Å²) in [5.41, 5.74) is 1.56. The molecule has 1 N–H and O–H groups in total. The van der Waals surface area contributed by atoms with Crippen molar-refractivity contribution in [3.63, 3.8) is 0 Å². The van der Waals surface area contributed by atoms with Gasteiger partial charge in [-0.25, -0.2) is 4.98 Å². The number of nitrogens with zero attached hydrogens (tertiary/aromatic N) is 2. The Hall–Kier alpha value is -2.61. The van der Waals surface area contributed by atoms with E-state index >= 15 is 0 Å². The van der Waals surface area contributed by atoms with E-state index < -0.39 is 0 Å². The number of carbonyl (C=O) groups is 1. The number of aromatic nitrogens is 1. The second kappa shape index (κ2) is 4.94. The van der Waals surface area contributed by atoms with Gasteiger partial charge in [0.05, 0.1) is 23.9 Å². The molecule has 0 unspecified atom stereocenters. The van der Waals surface area contributed by atoms with Crippen LogP contribution < -0.4 is 5.32 Å². The molecule has 0 aliphatic heterocycles. The third-order valence-electron chi connectivity index (χ3n) is 2.17. The minimum Gasteiger partial charge on any atom is -0.451 e. The van der Waals surface area contributed by atoms with Crippen LogP contribution in [-0.4, -0.2) is 10.9 Å². The molecule has 1 aromatic carbocycles. The van der Waals surface area contributed by atoms with Gasteiger partial charge in [-0.1, -0.05) is 6.07 Å². The lowest BCUT2D eigenvalue weighted by Gasteiger charge is -2.02. The minimum absolute atomic E-state index is 0.245. The van der Waals surface area contributed by atoms with Crippen molar-refractivity contribution in [1.29, 1.82) is 5.26 Å². The van der Waals surface area contributed by atoms with E-state index in [0.717, 1.165) is 0 Å². The highest BCUT2D eigenvalue weighted by atomic mass is 16.3. The van der Waals surface area contributed by atoms with Crippen LogP contribution >= 0.6 is 0 Å².